The van der Waals surface area contributed by atoms with E-state index >= 15 is 0 Å². The summed E-state index contributed by atoms with van der Waals surface area (Å²) in [5.74, 6) is -3.56. The fourth-order valence-corrected chi connectivity index (χ4v) is 3.53. The van der Waals surface area contributed by atoms with Gasteiger partial charge in [-0.1, -0.05) is 0 Å². The average molecular weight is 418 g/mol. The number of ether oxygens (including phenoxy) is 1. The highest BCUT2D eigenvalue weighted by atomic mass is 19.1. The molecule has 0 spiro atoms. The Labute approximate surface area is 168 Å². The molecule has 1 aromatic carbocycles. The third kappa shape index (κ3) is 3.28. The van der Waals surface area contributed by atoms with Gasteiger partial charge in [-0.3, -0.25) is 9.36 Å². The molecule has 1 aliphatic rings. The minimum Gasteiger partial charge on any atom is -0.465 e. The van der Waals surface area contributed by atoms with E-state index in [4.69, 9.17) is 5.73 Å². The second-order valence-corrected chi connectivity index (χ2v) is 6.99. The van der Waals surface area contributed by atoms with E-state index in [-0.39, 0.29) is 28.6 Å². The topological polar surface area (TPSA) is 90.5 Å². The summed E-state index contributed by atoms with van der Waals surface area (Å²) < 4.78 is 48.5. The summed E-state index contributed by atoms with van der Waals surface area (Å²) in [5.41, 5.74) is 4.38. The number of halogens is 3. The van der Waals surface area contributed by atoms with Crippen LogP contribution in [0.5, 0.6) is 0 Å². The highest BCUT2D eigenvalue weighted by Gasteiger charge is 2.26. The van der Waals surface area contributed by atoms with Gasteiger partial charge in [-0.2, -0.15) is 0 Å². The first-order valence-corrected chi connectivity index (χ1v) is 9.10. The highest BCUT2D eigenvalue weighted by Crippen LogP contribution is 2.26. The third-order valence-electron chi connectivity index (χ3n) is 5.01. The van der Waals surface area contributed by atoms with Gasteiger partial charge in [-0.05, 0) is 24.6 Å². The minimum atomic E-state index is -0.979. The SMILES string of the molecule is COC(=O)c1cn(-c2ccc(F)cc2F)c2nc(N3CCC(N)C3)c(F)cc2c1=O. The molecule has 0 aliphatic carbocycles. The van der Waals surface area contributed by atoms with Gasteiger partial charge in [-0.15, -0.1) is 0 Å². The average Bonchev–Trinajstić information content (AvgIpc) is 3.14. The van der Waals surface area contributed by atoms with Crippen molar-refractivity contribution in [2.24, 2.45) is 5.73 Å². The number of aromatic nitrogens is 2. The van der Waals surface area contributed by atoms with E-state index in [2.05, 4.69) is 9.72 Å². The molecule has 4 rings (SSSR count). The smallest absolute Gasteiger partial charge is 0.343 e. The number of esters is 1. The number of benzene rings is 1. The lowest BCUT2D eigenvalue weighted by atomic mass is 10.1. The maximum atomic E-state index is 14.8. The number of hydrogen-bond acceptors (Lipinski definition) is 6. The van der Waals surface area contributed by atoms with Crippen LogP contribution in [0, 0.1) is 17.5 Å². The van der Waals surface area contributed by atoms with Crippen molar-refractivity contribution in [1.29, 1.82) is 0 Å². The van der Waals surface area contributed by atoms with E-state index in [1.807, 2.05) is 0 Å². The standard InChI is InChI=1S/C20H17F3N4O3/c1-30-20(29)13-9-27(16-3-2-10(21)6-14(16)22)18-12(17(13)28)7-15(23)19(25-18)26-5-4-11(24)8-26/h2-3,6-7,9,11H,4-5,8,24H2,1H3. The molecule has 1 fully saturated rings. The van der Waals surface area contributed by atoms with Crippen LogP contribution in [-0.2, 0) is 4.74 Å². The normalized spacial score (nSPS) is 16.3. The van der Waals surface area contributed by atoms with Gasteiger partial charge in [0.2, 0.25) is 5.43 Å². The first-order valence-electron chi connectivity index (χ1n) is 9.10. The molecule has 1 unspecified atom stereocenters. The van der Waals surface area contributed by atoms with Crippen LogP contribution >= 0.6 is 0 Å². The maximum Gasteiger partial charge on any atom is 0.343 e. The van der Waals surface area contributed by atoms with Crippen molar-refractivity contribution < 1.29 is 22.7 Å². The Kier molecular flexibility index (Phi) is 4.94. The number of pyridine rings is 2. The van der Waals surface area contributed by atoms with Crippen molar-refractivity contribution in [2.75, 3.05) is 25.1 Å². The fourth-order valence-electron chi connectivity index (χ4n) is 3.53. The Morgan fingerprint density at radius 3 is 2.63 bits per heavy atom. The van der Waals surface area contributed by atoms with Gasteiger partial charge in [0.15, 0.2) is 17.3 Å². The molecule has 2 N–H and O–H groups in total. The Morgan fingerprint density at radius 2 is 2.00 bits per heavy atom. The lowest BCUT2D eigenvalue weighted by Crippen LogP contribution is -2.28. The van der Waals surface area contributed by atoms with E-state index in [0.29, 0.717) is 25.6 Å². The van der Waals surface area contributed by atoms with E-state index in [0.717, 1.165) is 36.1 Å². The maximum absolute atomic E-state index is 14.8. The van der Waals surface area contributed by atoms with Crippen LogP contribution in [0.1, 0.15) is 16.8 Å². The molecule has 10 heteroatoms. The zero-order chi connectivity index (χ0) is 21.6. The van der Waals surface area contributed by atoms with E-state index in [9.17, 15) is 22.8 Å². The fraction of sp³-hybridized carbons (Fsp3) is 0.250. The number of carbonyl (C=O) groups excluding carboxylic acids is 1. The van der Waals surface area contributed by atoms with Gasteiger partial charge in [0.1, 0.15) is 17.2 Å². The zero-order valence-electron chi connectivity index (χ0n) is 15.9. The summed E-state index contributed by atoms with van der Waals surface area (Å²) in [6, 6.07) is 3.60. The number of nitrogens with two attached hydrogens (primary N) is 1. The first kappa shape index (κ1) is 19.9. The molecule has 0 radical (unpaired) electrons. The molecule has 0 bridgehead atoms. The summed E-state index contributed by atoms with van der Waals surface area (Å²) in [7, 11) is 1.08. The predicted molar refractivity (Wildman–Crippen MR) is 103 cm³/mol. The number of rotatable bonds is 3. The number of nitrogens with zero attached hydrogens (tertiary/aromatic N) is 3. The van der Waals surface area contributed by atoms with Crippen molar-refractivity contribution in [3.8, 4) is 5.69 Å². The number of fused-ring (bicyclic) bond motifs is 1. The molecule has 7 nitrogen and oxygen atoms in total. The molecule has 156 valence electrons. The van der Waals surface area contributed by atoms with Crippen LogP contribution < -0.4 is 16.1 Å². The van der Waals surface area contributed by atoms with Crippen LogP contribution in [0.3, 0.4) is 0 Å². The Bertz CT molecular complexity index is 1230. The van der Waals surface area contributed by atoms with Crippen LogP contribution in [0.15, 0.2) is 35.3 Å². The molecular formula is C20H17F3N4O3. The van der Waals surface area contributed by atoms with Crippen LogP contribution in [0.2, 0.25) is 0 Å². The summed E-state index contributed by atoms with van der Waals surface area (Å²) >= 11 is 0. The second-order valence-electron chi connectivity index (χ2n) is 6.99. The number of carbonyl (C=O) groups is 1. The largest absolute Gasteiger partial charge is 0.465 e. The van der Waals surface area contributed by atoms with Crippen molar-refractivity contribution in [3.63, 3.8) is 0 Å². The van der Waals surface area contributed by atoms with Gasteiger partial charge >= 0.3 is 5.97 Å². The van der Waals surface area contributed by atoms with Crippen LogP contribution in [0.4, 0.5) is 19.0 Å². The predicted octanol–water partition coefficient (Wildman–Crippen LogP) is 2.13. The summed E-state index contributed by atoms with van der Waals surface area (Å²) in [5, 5.41) is -0.244. The number of methoxy groups -OCH3 is 1. The lowest BCUT2D eigenvalue weighted by molar-refractivity contribution is 0.0599. The van der Waals surface area contributed by atoms with E-state index in [1.165, 1.54) is 0 Å². The molecule has 3 heterocycles. The van der Waals surface area contributed by atoms with Gasteiger partial charge in [0, 0.05) is 31.4 Å². The van der Waals surface area contributed by atoms with Gasteiger partial charge in [-0.25, -0.2) is 22.9 Å². The van der Waals surface area contributed by atoms with Gasteiger partial charge in [0.05, 0.1) is 18.2 Å². The van der Waals surface area contributed by atoms with E-state index in [1.54, 1.807) is 4.90 Å². The van der Waals surface area contributed by atoms with Crippen LogP contribution in [0.25, 0.3) is 16.7 Å². The number of hydrogen-bond donors (Lipinski definition) is 1. The first-order chi connectivity index (χ1) is 14.3. The molecule has 0 amide bonds. The minimum absolute atomic E-state index is 0.0445. The van der Waals surface area contributed by atoms with Crippen molar-refractivity contribution in [1.82, 2.24) is 9.55 Å². The summed E-state index contributed by atoms with van der Waals surface area (Å²) in [6.07, 6.45) is 1.69. The van der Waals surface area contributed by atoms with Gasteiger partial charge in [0.25, 0.3) is 0 Å². The molecule has 1 aliphatic heterocycles. The Morgan fingerprint density at radius 1 is 1.23 bits per heavy atom. The summed E-state index contributed by atoms with van der Waals surface area (Å²) in [6.45, 7) is 0.830. The van der Waals surface area contributed by atoms with Crippen molar-refractivity contribution >= 4 is 22.8 Å². The second kappa shape index (κ2) is 7.45. The van der Waals surface area contributed by atoms with Crippen molar-refractivity contribution in [3.05, 3.63) is 63.7 Å². The molecule has 1 atom stereocenters. The quantitative estimate of drug-likeness (QED) is 0.656. The van der Waals surface area contributed by atoms with E-state index < -0.39 is 34.4 Å². The summed E-state index contributed by atoms with van der Waals surface area (Å²) in [4.78, 5) is 30.7. The monoisotopic (exact) mass is 418 g/mol. The molecule has 0 saturated carbocycles. The molecule has 2 aromatic heterocycles. The molecule has 30 heavy (non-hydrogen) atoms. The molecule has 3 aromatic rings. The molecular weight excluding hydrogens is 401 g/mol. The zero-order valence-corrected chi connectivity index (χ0v) is 15.9. The Hall–Kier alpha value is -3.40. The third-order valence-corrected chi connectivity index (χ3v) is 5.01. The molecule has 1 saturated heterocycles. The van der Waals surface area contributed by atoms with Crippen LogP contribution in [-0.4, -0.2) is 41.8 Å². The Balaban J connectivity index is 2.05. The lowest BCUT2D eigenvalue weighted by Gasteiger charge is -2.20. The highest BCUT2D eigenvalue weighted by molar-refractivity contribution is 5.93. The number of anilines is 1. The van der Waals surface area contributed by atoms with Gasteiger partial charge < -0.3 is 15.4 Å². The van der Waals surface area contributed by atoms with Crippen molar-refractivity contribution in [2.45, 2.75) is 12.5 Å².